The molecule has 2 atom stereocenters. The Kier molecular flexibility index (Phi) is 7.73. The van der Waals surface area contributed by atoms with E-state index in [4.69, 9.17) is 0 Å². The zero-order valence-corrected chi connectivity index (χ0v) is 34.0. The summed E-state index contributed by atoms with van der Waals surface area (Å²) in [5, 5.41) is 7.81. The third-order valence-corrected chi connectivity index (χ3v) is 16.1. The van der Waals surface area contributed by atoms with Crippen molar-refractivity contribution in [2.75, 3.05) is 12.5 Å². The Morgan fingerprint density at radius 3 is 2.14 bits per heavy atom. The van der Waals surface area contributed by atoms with Crippen LogP contribution in [0, 0.1) is 11.3 Å². The predicted octanol–water partition coefficient (Wildman–Crippen LogP) is 15.7. The van der Waals surface area contributed by atoms with Crippen LogP contribution in [0.25, 0.3) is 71.3 Å². The molecule has 11 rings (SSSR count). The fourth-order valence-electron chi connectivity index (χ4n) is 10.4. The second-order valence-corrected chi connectivity index (χ2v) is 20.6. The number of fused-ring (bicyclic) bond motifs is 7. The van der Waals surface area contributed by atoms with Crippen molar-refractivity contribution in [1.82, 2.24) is 0 Å². The van der Waals surface area contributed by atoms with E-state index in [2.05, 4.69) is 202 Å². The highest BCUT2D eigenvalue weighted by molar-refractivity contribution is 8.33. The standard InChI is InChI=1S/C56H46S/c1-36-17-16-21-39(33-36)42-30-32-56(2)31-15-14-26-49(56)55(42)54-45-25-11-10-24-44(45)53(48-35-51-46(34-47(48)54)43-23-12-13-27-50(43)57(51,3)4)52-40-22-9-8-20-38(40)28-29-41(52)37-18-6-5-7-19-37/h5-16,18-31,33-36H,17,32H2,1-4H3. The highest BCUT2D eigenvalue weighted by atomic mass is 32.3. The molecule has 0 aromatic heterocycles. The number of benzene rings is 7. The lowest BCUT2D eigenvalue weighted by Gasteiger charge is -2.37. The average molecular weight is 751 g/mol. The maximum absolute atomic E-state index is 2.64. The van der Waals surface area contributed by atoms with Crippen molar-refractivity contribution in [1.29, 1.82) is 0 Å². The Labute approximate surface area is 338 Å². The third-order valence-electron chi connectivity index (χ3n) is 13.2. The summed E-state index contributed by atoms with van der Waals surface area (Å²) in [5.41, 5.74) is 14.7. The van der Waals surface area contributed by atoms with Gasteiger partial charge in [-0.25, -0.2) is 0 Å². The van der Waals surface area contributed by atoms with E-state index in [9.17, 15) is 0 Å². The maximum Gasteiger partial charge on any atom is 0.0148 e. The molecule has 0 spiro atoms. The Hall–Kier alpha value is -5.89. The van der Waals surface area contributed by atoms with E-state index in [-0.39, 0.29) is 5.41 Å². The molecule has 0 saturated carbocycles. The van der Waals surface area contributed by atoms with E-state index >= 15 is 0 Å². The van der Waals surface area contributed by atoms with Gasteiger partial charge in [0.1, 0.15) is 0 Å². The van der Waals surface area contributed by atoms with Crippen LogP contribution < -0.4 is 0 Å². The van der Waals surface area contributed by atoms with Crippen LogP contribution in [-0.2, 0) is 0 Å². The van der Waals surface area contributed by atoms with Gasteiger partial charge in [-0.1, -0.05) is 172 Å². The van der Waals surface area contributed by atoms with Crippen LogP contribution in [0.4, 0.5) is 0 Å². The van der Waals surface area contributed by atoms with Crippen LogP contribution in [-0.4, -0.2) is 12.5 Å². The van der Waals surface area contributed by atoms with Gasteiger partial charge in [0.05, 0.1) is 0 Å². The second-order valence-electron chi connectivity index (χ2n) is 17.1. The minimum Gasteiger partial charge on any atom is -0.192 e. The van der Waals surface area contributed by atoms with E-state index < -0.39 is 10.0 Å². The van der Waals surface area contributed by atoms with Crippen LogP contribution in [0.15, 0.2) is 203 Å². The number of allylic oxidation sites excluding steroid dienone is 12. The lowest BCUT2D eigenvalue weighted by atomic mass is 9.66. The third kappa shape index (κ3) is 5.15. The molecule has 7 aromatic rings. The fraction of sp³-hybridized carbons (Fsp3) is 0.143. The van der Waals surface area contributed by atoms with E-state index in [0.717, 1.165) is 12.8 Å². The number of hydrogen-bond acceptors (Lipinski definition) is 0. The van der Waals surface area contributed by atoms with Crippen molar-refractivity contribution >= 4 is 47.9 Å². The molecule has 1 heteroatoms. The molecule has 1 heterocycles. The molecule has 0 fully saturated rings. The lowest BCUT2D eigenvalue weighted by Crippen LogP contribution is -2.22. The first-order valence-corrected chi connectivity index (χ1v) is 22.9. The monoisotopic (exact) mass is 750 g/mol. The van der Waals surface area contributed by atoms with Crippen molar-refractivity contribution in [2.24, 2.45) is 11.3 Å². The Balaban J connectivity index is 1.36. The summed E-state index contributed by atoms with van der Waals surface area (Å²) in [5.74, 6) is 0.496. The quantitative estimate of drug-likeness (QED) is 0.157. The largest absolute Gasteiger partial charge is 0.192 e. The van der Waals surface area contributed by atoms with Crippen molar-refractivity contribution in [3.05, 3.63) is 198 Å². The van der Waals surface area contributed by atoms with E-state index in [1.54, 1.807) is 0 Å². The van der Waals surface area contributed by atoms with Gasteiger partial charge < -0.3 is 0 Å². The molecule has 4 aliphatic rings. The van der Waals surface area contributed by atoms with Gasteiger partial charge in [-0.05, 0) is 143 Å². The summed E-state index contributed by atoms with van der Waals surface area (Å²) in [4.78, 5) is 2.96. The lowest BCUT2D eigenvalue weighted by molar-refractivity contribution is 0.527. The molecule has 57 heavy (non-hydrogen) atoms. The van der Waals surface area contributed by atoms with Crippen LogP contribution >= 0.6 is 10.0 Å². The minimum absolute atomic E-state index is 0.101. The fourth-order valence-corrected chi connectivity index (χ4v) is 12.9. The van der Waals surface area contributed by atoms with Gasteiger partial charge >= 0.3 is 0 Å². The van der Waals surface area contributed by atoms with Gasteiger partial charge in [-0.15, -0.1) is 0 Å². The summed E-state index contributed by atoms with van der Waals surface area (Å²) in [7, 11) is -1.28. The van der Waals surface area contributed by atoms with E-state index in [1.165, 1.54) is 103 Å². The van der Waals surface area contributed by atoms with Crippen molar-refractivity contribution < 1.29 is 0 Å². The van der Waals surface area contributed by atoms with Crippen LogP contribution in [0.1, 0.15) is 32.3 Å². The summed E-state index contributed by atoms with van der Waals surface area (Å²) in [6, 6.07) is 48.4. The molecule has 7 aromatic carbocycles. The Morgan fingerprint density at radius 1 is 0.596 bits per heavy atom. The van der Waals surface area contributed by atoms with Crippen molar-refractivity contribution in [3.63, 3.8) is 0 Å². The van der Waals surface area contributed by atoms with Gasteiger partial charge in [0.15, 0.2) is 0 Å². The molecule has 0 saturated heterocycles. The summed E-state index contributed by atoms with van der Waals surface area (Å²) < 4.78 is 0. The van der Waals surface area contributed by atoms with Crippen LogP contribution in [0.3, 0.4) is 0 Å². The smallest absolute Gasteiger partial charge is 0.0148 e. The first-order valence-electron chi connectivity index (χ1n) is 20.4. The SMILES string of the molecule is CC1C=C(C2=CCC3(C)C=CC=CC3=C2c2c3ccccc3c(-c3c(-c4ccccc4)ccc4ccccc34)c3cc4c(cc23)-c2ccccc2S4(C)C)C=CC1. The molecule has 0 nitrogen and oxygen atoms in total. The highest BCUT2D eigenvalue weighted by Gasteiger charge is 2.37. The molecule has 0 bridgehead atoms. The molecule has 2 unspecified atom stereocenters. The van der Waals surface area contributed by atoms with Gasteiger partial charge in [-0.2, -0.15) is 10.0 Å². The normalized spacial score (nSPS) is 21.0. The highest BCUT2D eigenvalue weighted by Crippen LogP contribution is 2.68. The number of rotatable bonds is 4. The molecule has 0 radical (unpaired) electrons. The molecule has 0 N–H and O–H groups in total. The Bertz CT molecular complexity index is 3050. The summed E-state index contributed by atoms with van der Waals surface area (Å²) >= 11 is 0. The molecular formula is C56H46S. The Morgan fingerprint density at radius 2 is 1.32 bits per heavy atom. The van der Waals surface area contributed by atoms with Gasteiger partial charge in [-0.3, -0.25) is 0 Å². The van der Waals surface area contributed by atoms with Gasteiger partial charge in [0, 0.05) is 15.2 Å². The minimum atomic E-state index is -1.28. The maximum atomic E-state index is 2.64. The molecule has 0 amide bonds. The topological polar surface area (TPSA) is 0 Å². The van der Waals surface area contributed by atoms with Crippen molar-refractivity contribution in [3.8, 4) is 33.4 Å². The predicted molar refractivity (Wildman–Crippen MR) is 248 cm³/mol. The second kappa shape index (κ2) is 12.8. The van der Waals surface area contributed by atoms with Gasteiger partial charge in [0.2, 0.25) is 0 Å². The zero-order valence-electron chi connectivity index (χ0n) is 33.1. The first kappa shape index (κ1) is 34.4. The van der Waals surface area contributed by atoms with E-state index in [1.807, 2.05) is 0 Å². The average Bonchev–Trinajstić information content (AvgIpc) is 3.46. The molecule has 276 valence electrons. The first-order chi connectivity index (χ1) is 27.8. The molecule has 1 aliphatic heterocycles. The van der Waals surface area contributed by atoms with Gasteiger partial charge in [0.25, 0.3) is 0 Å². The molecular weight excluding hydrogens is 705 g/mol. The summed E-state index contributed by atoms with van der Waals surface area (Å²) in [6.45, 7) is 4.79. The molecule has 3 aliphatic carbocycles. The number of hydrogen-bond donors (Lipinski definition) is 0. The summed E-state index contributed by atoms with van der Waals surface area (Å²) in [6.07, 6.45) is 26.3. The van der Waals surface area contributed by atoms with Crippen molar-refractivity contribution in [2.45, 2.75) is 36.5 Å². The van der Waals surface area contributed by atoms with Crippen LogP contribution in [0.5, 0.6) is 0 Å². The zero-order chi connectivity index (χ0) is 38.5. The van der Waals surface area contributed by atoms with Crippen LogP contribution in [0.2, 0.25) is 0 Å². The van der Waals surface area contributed by atoms with E-state index in [0.29, 0.717) is 5.92 Å².